The molecule has 0 aliphatic heterocycles. The van der Waals surface area contributed by atoms with E-state index in [4.69, 9.17) is 9.84 Å². The van der Waals surface area contributed by atoms with Gasteiger partial charge in [-0.1, -0.05) is 42.5 Å². The molecule has 0 aliphatic rings. The summed E-state index contributed by atoms with van der Waals surface area (Å²) < 4.78 is 5.07. The molecule has 6 nitrogen and oxygen atoms in total. The standard InChI is InChI=1S/C20H24N2O4/c23-14-13-21-18-11-5-4-10-17(18)20(25)26-15-19(24)22-12-6-9-16-7-2-1-3-8-16/h1-5,7-8,10-11,21,23H,6,9,12-15H2,(H,22,24). The number of amides is 1. The van der Waals surface area contributed by atoms with Gasteiger partial charge in [-0.2, -0.15) is 0 Å². The summed E-state index contributed by atoms with van der Waals surface area (Å²) in [6.45, 7) is 0.486. The lowest BCUT2D eigenvalue weighted by molar-refractivity contribution is -0.124. The minimum Gasteiger partial charge on any atom is -0.452 e. The van der Waals surface area contributed by atoms with Gasteiger partial charge in [0.05, 0.1) is 12.2 Å². The number of anilines is 1. The Kier molecular flexibility index (Phi) is 8.15. The van der Waals surface area contributed by atoms with Gasteiger partial charge in [0.25, 0.3) is 5.91 Å². The monoisotopic (exact) mass is 356 g/mol. The number of carbonyl (C=O) groups is 2. The van der Waals surface area contributed by atoms with Crippen molar-refractivity contribution in [3.05, 3.63) is 65.7 Å². The van der Waals surface area contributed by atoms with Crippen molar-refractivity contribution in [2.45, 2.75) is 12.8 Å². The molecule has 0 saturated carbocycles. The Labute approximate surface area is 153 Å². The van der Waals surface area contributed by atoms with Crippen LogP contribution in [0.5, 0.6) is 0 Å². The van der Waals surface area contributed by atoms with Crippen LogP contribution < -0.4 is 10.6 Å². The van der Waals surface area contributed by atoms with E-state index in [0.717, 1.165) is 12.8 Å². The average molecular weight is 356 g/mol. The number of hydrogen-bond acceptors (Lipinski definition) is 5. The van der Waals surface area contributed by atoms with Crippen LogP contribution in [0.4, 0.5) is 5.69 Å². The van der Waals surface area contributed by atoms with Gasteiger partial charge >= 0.3 is 5.97 Å². The topological polar surface area (TPSA) is 87.7 Å². The molecule has 2 aromatic carbocycles. The zero-order valence-electron chi connectivity index (χ0n) is 14.6. The molecule has 0 aromatic heterocycles. The molecular formula is C20H24N2O4. The van der Waals surface area contributed by atoms with Crippen molar-refractivity contribution >= 4 is 17.6 Å². The molecule has 138 valence electrons. The van der Waals surface area contributed by atoms with Crippen LogP contribution in [-0.2, 0) is 16.0 Å². The Morgan fingerprint density at radius 1 is 0.962 bits per heavy atom. The molecule has 26 heavy (non-hydrogen) atoms. The highest BCUT2D eigenvalue weighted by Crippen LogP contribution is 2.15. The zero-order valence-corrected chi connectivity index (χ0v) is 14.6. The lowest BCUT2D eigenvalue weighted by Gasteiger charge is -2.11. The van der Waals surface area contributed by atoms with Crippen LogP contribution in [0.2, 0.25) is 0 Å². The van der Waals surface area contributed by atoms with Gasteiger partial charge in [0.2, 0.25) is 0 Å². The predicted octanol–water partition coefficient (Wildman–Crippen LogP) is 2.00. The van der Waals surface area contributed by atoms with Crippen LogP contribution >= 0.6 is 0 Å². The van der Waals surface area contributed by atoms with E-state index in [9.17, 15) is 9.59 Å². The van der Waals surface area contributed by atoms with E-state index in [2.05, 4.69) is 10.6 Å². The summed E-state index contributed by atoms with van der Waals surface area (Å²) in [6.07, 6.45) is 1.70. The fourth-order valence-corrected chi connectivity index (χ4v) is 2.43. The lowest BCUT2D eigenvalue weighted by Crippen LogP contribution is -2.30. The Hall–Kier alpha value is -2.86. The number of aryl methyl sites for hydroxylation is 1. The van der Waals surface area contributed by atoms with Gasteiger partial charge in [0.1, 0.15) is 0 Å². The summed E-state index contributed by atoms with van der Waals surface area (Å²) in [5.74, 6) is -0.905. The van der Waals surface area contributed by atoms with Crippen molar-refractivity contribution in [2.24, 2.45) is 0 Å². The summed E-state index contributed by atoms with van der Waals surface area (Å²) in [5.41, 5.74) is 2.12. The summed E-state index contributed by atoms with van der Waals surface area (Å²) in [4.78, 5) is 24.0. The molecule has 3 N–H and O–H groups in total. The van der Waals surface area contributed by atoms with Crippen LogP contribution in [-0.4, -0.2) is 43.3 Å². The number of nitrogens with one attached hydrogen (secondary N) is 2. The molecule has 0 atom stereocenters. The highest BCUT2D eigenvalue weighted by Gasteiger charge is 2.13. The molecule has 0 spiro atoms. The van der Waals surface area contributed by atoms with Crippen molar-refractivity contribution in [3.63, 3.8) is 0 Å². The van der Waals surface area contributed by atoms with E-state index in [1.807, 2.05) is 30.3 Å². The van der Waals surface area contributed by atoms with Gasteiger partial charge in [-0.15, -0.1) is 0 Å². The van der Waals surface area contributed by atoms with Crippen LogP contribution in [0.25, 0.3) is 0 Å². The van der Waals surface area contributed by atoms with Crippen molar-refractivity contribution < 1.29 is 19.4 Å². The number of para-hydroxylation sites is 1. The van der Waals surface area contributed by atoms with E-state index < -0.39 is 5.97 Å². The van der Waals surface area contributed by atoms with Crippen molar-refractivity contribution in [2.75, 3.05) is 31.6 Å². The van der Waals surface area contributed by atoms with Crippen LogP contribution in [0.3, 0.4) is 0 Å². The fraction of sp³-hybridized carbons (Fsp3) is 0.300. The molecule has 6 heteroatoms. The maximum atomic E-state index is 12.1. The number of rotatable bonds is 10. The normalized spacial score (nSPS) is 10.2. The van der Waals surface area contributed by atoms with Gasteiger partial charge in [0.15, 0.2) is 6.61 Å². The first-order valence-corrected chi connectivity index (χ1v) is 8.62. The Bertz CT molecular complexity index is 704. The van der Waals surface area contributed by atoms with Crippen LogP contribution in [0, 0.1) is 0 Å². The summed E-state index contributed by atoms with van der Waals surface area (Å²) in [7, 11) is 0. The minimum atomic E-state index is -0.578. The molecule has 1 amide bonds. The maximum absolute atomic E-state index is 12.1. The first-order valence-electron chi connectivity index (χ1n) is 8.62. The third-order valence-electron chi connectivity index (χ3n) is 3.72. The minimum absolute atomic E-state index is 0.0469. The van der Waals surface area contributed by atoms with Gasteiger partial charge in [-0.3, -0.25) is 4.79 Å². The molecular weight excluding hydrogens is 332 g/mol. The van der Waals surface area contributed by atoms with E-state index in [-0.39, 0.29) is 19.1 Å². The Morgan fingerprint density at radius 2 is 1.69 bits per heavy atom. The zero-order chi connectivity index (χ0) is 18.6. The maximum Gasteiger partial charge on any atom is 0.340 e. The first-order chi connectivity index (χ1) is 12.7. The Morgan fingerprint density at radius 3 is 2.46 bits per heavy atom. The number of benzene rings is 2. The second kappa shape index (κ2) is 10.9. The third kappa shape index (κ3) is 6.57. The fourth-order valence-electron chi connectivity index (χ4n) is 2.43. The molecule has 2 rings (SSSR count). The number of carbonyl (C=O) groups excluding carboxylic acids is 2. The molecule has 0 unspecified atom stereocenters. The average Bonchev–Trinajstić information content (AvgIpc) is 2.69. The lowest BCUT2D eigenvalue weighted by atomic mass is 10.1. The van der Waals surface area contributed by atoms with Crippen molar-refractivity contribution in [1.29, 1.82) is 0 Å². The second-order valence-corrected chi connectivity index (χ2v) is 5.71. The first kappa shape index (κ1) is 19.5. The van der Waals surface area contributed by atoms with Gasteiger partial charge in [0, 0.05) is 18.8 Å². The van der Waals surface area contributed by atoms with Gasteiger partial charge in [-0.05, 0) is 30.5 Å². The van der Waals surface area contributed by atoms with Crippen LogP contribution in [0.1, 0.15) is 22.3 Å². The van der Waals surface area contributed by atoms with Crippen molar-refractivity contribution in [1.82, 2.24) is 5.32 Å². The predicted molar refractivity (Wildman–Crippen MR) is 100 cm³/mol. The Balaban J connectivity index is 1.71. The van der Waals surface area contributed by atoms with E-state index >= 15 is 0 Å². The van der Waals surface area contributed by atoms with Gasteiger partial charge < -0.3 is 20.5 Å². The number of esters is 1. The smallest absolute Gasteiger partial charge is 0.340 e. The number of aliphatic hydroxyl groups is 1. The van der Waals surface area contributed by atoms with Crippen LogP contribution in [0.15, 0.2) is 54.6 Å². The highest BCUT2D eigenvalue weighted by atomic mass is 16.5. The number of hydrogen-bond donors (Lipinski definition) is 3. The molecule has 2 aromatic rings. The SMILES string of the molecule is O=C(COC(=O)c1ccccc1NCCO)NCCCc1ccccc1. The largest absolute Gasteiger partial charge is 0.452 e. The summed E-state index contributed by atoms with van der Waals surface area (Å²) >= 11 is 0. The third-order valence-corrected chi connectivity index (χ3v) is 3.72. The van der Waals surface area contributed by atoms with E-state index in [0.29, 0.717) is 24.3 Å². The molecule has 0 fully saturated rings. The number of aliphatic hydroxyl groups excluding tert-OH is 1. The molecule has 0 radical (unpaired) electrons. The number of ether oxygens (including phenoxy) is 1. The van der Waals surface area contributed by atoms with Gasteiger partial charge in [-0.25, -0.2) is 4.79 Å². The molecule has 0 heterocycles. The molecule has 0 bridgehead atoms. The molecule has 0 aliphatic carbocycles. The molecule has 0 saturated heterocycles. The summed E-state index contributed by atoms with van der Waals surface area (Å²) in [6, 6.07) is 16.9. The van der Waals surface area contributed by atoms with E-state index in [1.165, 1.54) is 5.56 Å². The van der Waals surface area contributed by atoms with E-state index in [1.54, 1.807) is 24.3 Å². The quantitative estimate of drug-likeness (QED) is 0.448. The highest BCUT2D eigenvalue weighted by molar-refractivity contribution is 5.96. The second-order valence-electron chi connectivity index (χ2n) is 5.71. The summed E-state index contributed by atoms with van der Waals surface area (Å²) in [5, 5.41) is 14.6. The van der Waals surface area contributed by atoms with Crippen molar-refractivity contribution in [3.8, 4) is 0 Å².